The molecule has 0 bridgehead atoms. The second-order valence-corrected chi connectivity index (χ2v) is 6.16. The number of benzene rings is 1. The van der Waals surface area contributed by atoms with Crippen LogP contribution in [0.1, 0.15) is 24.5 Å². The molecule has 0 aromatic heterocycles. The van der Waals surface area contributed by atoms with Crippen LogP contribution in [-0.4, -0.2) is 35.8 Å². The Morgan fingerprint density at radius 2 is 2.32 bits per heavy atom. The number of hydrogen-bond donors (Lipinski definition) is 1. The number of aliphatic hydroxyl groups excluding tert-OH is 1. The van der Waals surface area contributed by atoms with Crippen molar-refractivity contribution in [2.24, 2.45) is 5.92 Å². The van der Waals surface area contributed by atoms with Crippen LogP contribution in [-0.2, 0) is 13.0 Å². The number of fused-ring (bicyclic) bond motifs is 1. The molecule has 3 nitrogen and oxygen atoms in total. The SMILES string of the molecule is CC1CCN(Cc2cc(Cl)cc3c2OCC3)CC1O. The van der Waals surface area contributed by atoms with Gasteiger partial charge in [-0.05, 0) is 36.6 Å². The molecule has 1 fully saturated rings. The molecule has 2 unspecified atom stereocenters. The molecule has 4 heteroatoms. The predicted octanol–water partition coefficient (Wildman–Crippen LogP) is 2.48. The van der Waals surface area contributed by atoms with Crippen molar-refractivity contribution in [2.45, 2.75) is 32.4 Å². The number of likely N-dealkylation sites (tertiary alicyclic amines) is 1. The van der Waals surface area contributed by atoms with Gasteiger partial charge in [0.2, 0.25) is 0 Å². The smallest absolute Gasteiger partial charge is 0.127 e. The highest BCUT2D eigenvalue weighted by Crippen LogP contribution is 2.34. The number of rotatable bonds is 2. The first-order valence-electron chi connectivity index (χ1n) is 6.98. The van der Waals surface area contributed by atoms with E-state index in [-0.39, 0.29) is 6.10 Å². The van der Waals surface area contributed by atoms with Crippen LogP contribution in [0.2, 0.25) is 5.02 Å². The molecule has 1 aromatic carbocycles. The molecule has 0 radical (unpaired) electrons. The van der Waals surface area contributed by atoms with Crippen molar-refractivity contribution >= 4 is 11.6 Å². The zero-order valence-electron chi connectivity index (χ0n) is 11.2. The first-order chi connectivity index (χ1) is 9.13. The van der Waals surface area contributed by atoms with E-state index in [4.69, 9.17) is 16.3 Å². The van der Waals surface area contributed by atoms with Crippen LogP contribution >= 0.6 is 11.6 Å². The van der Waals surface area contributed by atoms with Crippen LogP contribution in [0.15, 0.2) is 12.1 Å². The molecule has 19 heavy (non-hydrogen) atoms. The molecule has 0 spiro atoms. The maximum atomic E-state index is 9.98. The van der Waals surface area contributed by atoms with Gasteiger partial charge in [-0.2, -0.15) is 0 Å². The van der Waals surface area contributed by atoms with Gasteiger partial charge in [-0.1, -0.05) is 18.5 Å². The maximum Gasteiger partial charge on any atom is 0.127 e. The molecule has 2 heterocycles. The Morgan fingerprint density at radius 1 is 1.47 bits per heavy atom. The summed E-state index contributed by atoms with van der Waals surface area (Å²) in [4.78, 5) is 2.29. The first kappa shape index (κ1) is 13.2. The minimum atomic E-state index is -0.220. The maximum absolute atomic E-state index is 9.98. The Hall–Kier alpha value is -0.770. The summed E-state index contributed by atoms with van der Waals surface area (Å²) in [5, 5.41) is 10.8. The summed E-state index contributed by atoms with van der Waals surface area (Å²) in [5.41, 5.74) is 2.37. The predicted molar refractivity (Wildman–Crippen MR) is 75.7 cm³/mol. The van der Waals surface area contributed by atoms with Gasteiger partial charge in [0.25, 0.3) is 0 Å². The van der Waals surface area contributed by atoms with Gasteiger partial charge in [-0.15, -0.1) is 0 Å². The Labute approximate surface area is 119 Å². The van der Waals surface area contributed by atoms with Gasteiger partial charge in [0, 0.05) is 30.1 Å². The number of aliphatic hydroxyl groups is 1. The standard InChI is InChI=1S/C15H20ClNO2/c1-10-2-4-17(9-14(10)18)8-12-7-13(16)6-11-3-5-19-15(11)12/h6-7,10,14,18H,2-5,8-9H2,1H3. The summed E-state index contributed by atoms with van der Waals surface area (Å²) < 4.78 is 5.73. The van der Waals surface area contributed by atoms with E-state index in [1.54, 1.807) is 0 Å². The summed E-state index contributed by atoms with van der Waals surface area (Å²) in [6, 6.07) is 4.00. The molecular formula is C15H20ClNO2. The first-order valence-corrected chi connectivity index (χ1v) is 7.36. The van der Waals surface area contributed by atoms with Crippen LogP contribution in [0.5, 0.6) is 5.75 Å². The van der Waals surface area contributed by atoms with Crippen LogP contribution in [0.4, 0.5) is 0 Å². The van der Waals surface area contributed by atoms with Crippen LogP contribution in [0, 0.1) is 5.92 Å². The minimum absolute atomic E-state index is 0.220. The topological polar surface area (TPSA) is 32.7 Å². The van der Waals surface area contributed by atoms with E-state index in [0.717, 1.165) is 55.4 Å². The summed E-state index contributed by atoms with van der Waals surface area (Å²) in [6.45, 7) is 5.44. The Morgan fingerprint density at radius 3 is 3.11 bits per heavy atom. The van der Waals surface area contributed by atoms with Gasteiger partial charge in [0.15, 0.2) is 0 Å². The highest BCUT2D eigenvalue weighted by Gasteiger charge is 2.26. The average Bonchev–Trinajstić information content (AvgIpc) is 2.82. The average molecular weight is 282 g/mol. The Bertz CT molecular complexity index is 477. The number of halogens is 1. The number of β-amino-alcohol motifs (C(OH)–C–C–N with tert-alkyl or cyclic N) is 1. The molecule has 0 aliphatic carbocycles. The van der Waals surface area contributed by atoms with Crippen LogP contribution in [0.25, 0.3) is 0 Å². The molecule has 2 atom stereocenters. The molecular weight excluding hydrogens is 262 g/mol. The lowest BCUT2D eigenvalue weighted by atomic mass is 9.95. The van der Waals surface area contributed by atoms with E-state index in [2.05, 4.69) is 11.8 Å². The van der Waals surface area contributed by atoms with Gasteiger partial charge in [0.1, 0.15) is 5.75 Å². The van der Waals surface area contributed by atoms with E-state index in [1.165, 1.54) is 5.56 Å². The zero-order valence-corrected chi connectivity index (χ0v) is 12.0. The van der Waals surface area contributed by atoms with Gasteiger partial charge < -0.3 is 9.84 Å². The molecule has 0 saturated carbocycles. The largest absolute Gasteiger partial charge is 0.493 e. The van der Waals surface area contributed by atoms with Gasteiger partial charge in [0.05, 0.1) is 12.7 Å². The van der Waals surface area contributed by atoms with Crippen molar-refractivity contribution in [1.82, 2.24) is 4.90 Å². The monoisotopic (exact) mass is 281 g/mol. The highest BCUT2D eigenvalue weighted by atomic mass is 35.5. The van der Waals surface area contributed by atoms with E-state index >= 15 is 0 Å². The van der Waals surface area contributed by atoms with E-state index in [1.807, 2.05) is 12.1 Å². The number of piperidine rings is 1. The van der Waals surface area contributed by atoms with E-state index < -0.39 is 0 Å². The third-order valence-corrected chi connectivity index (χ3v) is 4.44. The second-order valence-electron chi connectivity index (χ2n) is 5.72. The second kappa shape index (κ2) is 5.31. The lowest BCUT2D eigenvalue weighted by molar-refractivity contribution is 0.0256. The quantitative estimate of drug-likeness (QED) is 0.904. The van der Waals surface area contributed by atoms with E-state index in [9.17, 15) is 5.11 Å². The number of nitrogens with zero attached hydrogens (tertiary/aromatic N) is 1. The molecule has 1 saturated heterocycles. The third kappa shape index (κ3) is 2.73. The van der Waals surface area contributed by atoms with Gasteiger partial charge in [-0.3, -0.25) is 4.90 Å². The van der Waals surface area contributed by atoms with Crippen molar-refractivity contribution in [1.29, 1.82) is 0 Å². The van der Waals surface area contributed by atoms with Gasteiger partial charge >= 0.3 is 0 Å². The summed E-state index contributed by atoms with van der Waals surface area (Å²) >= 11 is 6.17. The number of hydrogen-bond acceptors (Lipinski definition) is 3. The fraction of sp³-hybridized carbons (Fsp3) is 0.600. The normalized spacial score (nSPS) is 27.1. The van der Waals surface area contributed by atoms with Crippen molar-refractivity contribution in [3.05, 3.63) is 28.3 Å². The zero-order chi connectivity index (χ0) is 13.4. The Kier molecular flexibility index (Phi) is 3.70. The Balaban J connectivity index is 1.77. The molecule has 104 valence electrons. The van der Waals surface area contributed by atoms with Crippen molar-refractivity contribution in [3.63, 3.8) is 0 Å². The van der Waals surface area contributed by atoms with Crippen molar-refractivity contribution < 1.29 is 9.84 Å². The fourth-order valence-electron chi connectivity index (χ4n) is 2.96. The van der Waals surface area contributed by atoms with E-state index in [0.29, 0.717) is 5.92 Å². The molecule has 3 rings (SSSR count). The molecule has 1 N–H and O–H groups in total. The molecule has 0 amide bonds. The summed E-state index contributed by atoms with van der Waals surface area (Å²) in [5.74, 6) is 1.41. The number of ether oxygens (including phenoxy) is 1. The van der Waals surface area contributed by atoms with Gasteiger partial charge in [-0.25, -0.2) is 0 Å². The third-order valence-electron chi connectivity index (χ3n) is 4.22. The van der Waals surface area contributed by atoms with Crippen LogP contribution in [0.3, 0.4) is 0 Å². The fourth-order valence-corrected chi connectivity index (χ4v) is 3.23. The molecule has 1 aromatic rings. The lowest BCUT2D eigenvalue weighted by Gasteiger charge is -2.34. The lowest BCUT2D eigenvalue weighted by Crippen LogP contribution is -2.42. The van der Waals surface area contributed by atoms with Crippen molar-refractivity contribution in [2.75, 3.05) is 19.7 Å². The van der Waals surface area contributed by atoms with Crippen LogP contribution < -0.4 is 4.74 Å². The summed E-state index contributed by atoms with van der Waals surface area (Å²) in [7, 11) is 0. The van der Waals surface area contributed by atoms with Crippen molar-refractivity contribution in [3.8, 4) is 5.75 Å². The minimum Gasteiger partial charge on any atom is -0.493 e. The summed E-state index contributed by atoms with van der Waals surface area (Å²) in [6.07, 6.45) is 1.77. The molecule has 2 aliphatic rings. The highest BCUT2D eigenvalue weighted by molar-refractivity contribution is 6.30. The molecule has 2 aliphatic heterocycles.